The van der Waals surface area contributed by atoms with Crippen molar-refractivity contribution in [3.63, 3.8) is 0 Å². The highest BCUT2D eigenvalue weighted by Crippen LogP contribution is 2.28. The van der Waals surface area contributed by atoms with Crippen LogP contribution < -0.4 is 27.0 Å². The molecule has 172 valence electrons. The number of pyridine rings is 2. The Morgan fingerprint density at radius 1 is 1.34 bits per heavy atom. The molecule has 0 saturated heterocycles. The molecule has 0 fully saturated rings. The molecule has 1 unspecified atom stereocenters. The van der Waals surface area contributed by atoms with E-state index in [0.717, 1.165) is 17.3 Å². The van der Waals surface area contributed by atoms with Gasteiger partial charge in [-0.25, -0.2) is 19.0 Å². The number of aromatic nitrogens is 4. The number of anilines is 4. The number of hydrogen-bond donors (Lipinski definition) is 4. The fourth-order valence-corrected chi connectivity index (χ4v) is 3.21. The summed E-state index contributed by atoms with van der Waals surface area (Å²) in [4.78, 5) is 22.5. The van der Waals surface area contributed by atoms with Crippen molar-refractivity contribution >= 4 is 40.1 Å². The number of hydrogen-bond acceptors (Lipinski definition) is 9. The van der Waals surface area contributed by atoms with Gasteiger partial charge in [-0.2, -0.15) is 5.10 Å². The number of carbonyl (C=O) groups is 1. The molecule has 0 radical (unpaired) electrons. The second-order valence-corrected chi connectivity index (χ2v) is 7.71. The molecule has 0 spiro atoms. The van der Waals surface area contributed by atoms with E-state index in [1.807, 2.05) is 25.1 Å². The molecular formula is C20H28FN9O2. The highest BCUT2D eigenvalue weighted by molar-refractivity contribution is 5.99. The standard InChI is InChI=1S/C20H28FN9O2/c1-10(22)15(9-32-5)26-18-14(21)7-12(16(23)31)17(27-18)25-11-6-13-19(24-8-11)30(4)28-20(13)29(2)3/h6-8,10,15H,9,22H2,1-5H3,(H2,23,31)(H2,25,26,27)/t10?,15-/m1/s1. The summed E-state index contributed by atoms with van der Waals surface area (Å²) in [7, 11) is 7.07. The fraction of sp³-hybridized carbons (Fsp3) is 0.400. The lowest BCUT2D eigenvalue weighted by molar-refractivity contribution is 0.100. The number of methoxy groups -OCH3 is 1. The Bertz CT molecular complexity index is 1130. The SMILES string of the molecule is COC[C@@H](Nc1nc(Nc2cnc3c(c2)c(N(C)C)nn3C)c(C(N)=O)cc1F)C(C)N. The number of amides is 1. The van der Waals surface area contributed by atoms with Crippen LogP contribution in [0.3, 0.4) is 0 Å². The quantitative estimate of drug-likeness (QED) is 0.381. The number of nitrogens with two attached hydrogens (primary N) is 2. The number of rotatable bonds is 9. The first-order valence-electron chi connectivity index (χ1n) is 9.90. The van der Waals surface area contributed by atoms with Gasteiger partial charge in [-0.3, -0.25) is 4.79 Å². The molecule has 3 aromatic rings. The molecule has 3 aromatic heterocycles. The van der Waals surface area contributed by atoms with Gasteiger partial charge in [0, 0.05) is 34.3 Å². The Morgan fingerprint density at radius 2 is 2.06 bits per heavy atom. The minimum atomic E-state index is -0.824. The molecule has 2 atom stereocenters. The average molecular weight is 446 g/mol. The normalized spacial score (nSPS) is 13.1. The van der Waals surface area contributed by atoms with E-state index >= 15 is 0 Å². The van der Waals surface area contributed by atoms with E-state index in [1.165, 1.54) is 7.11 Å². The summed E-state index contributed by atoms with van der Waals surface area (Å²) in [5, 5.41) is 11.2. The van der Waals surface area contributed by atoms with E-state index in [-0.39, 0.29) is 29.8 Å². The van der Waals surface area contributed by atoms with Gasteiger partial charge in [-0.05, 0) is 19.1 Å². The molecule has 0 bridgehead atoms. The van der Waals surface area contributed by atoms with Crippen LogP contribution in [0.15, 0.2) is 18.3 Å². The summed E-state index contributed by atoms with van der Waals surface area (Å²) in [5.74, 6) is -0.834. The van der Waals surface area contributed by atoms with Crippen LogP contribution in [-0.4, -0.2) is 65.6 Å². The number of carbonyl (C=O) groups excluding carboxylic acids is 1. The van der Waals surface area contributed by atoms with E-state index in [0.29, 0.717) is 11.3 Å². The van der Waals surface area contributed by atoms with Gasteiger partial charge >= 0.3 is 0 Å². The monoisotopic (exact) mass is 445 g/mol. The van der Waals surface area contributed by atoms with Crippen molar-refractivity contribution in [1.82, 2.24) is 19.7 Å². The summed E-state index contributed by atoms with van der Waals surface area (Å²) in [6, 6.07) is 2.12. The summed E-state index contributed by atoms with van der Waals surface area (Å²) in [5.41, 5.74) is 12.5. The topological polar surface area (TPSA) is 149 Å². The predicted octanol–water partition coefficient (Wildman–Crippen LogP) is 1.19. The Balaban J connectivity index is 2.02. The molecule has 0 saturated carbocycles. The van der Waals surface area contributed by atoms with E-state index in [1.54, 1.807) is 24.9 Å². The molecule has 32 heavy (non-hydrogen) atoms. The van der Waals surface area contributed by atoms with Crippen molar-refractivity contribution < 1.29 is 13.9 Å². The summed E-state index contributed by atoms with van der Waals surface area (Å²) >= 11 is 0. The van der Waals surface area contributed by atoms with Crippen molar-refractivity contribution in [2.75, 3.05) is 43.3 Å². The van der Waals surface area contributed by atoms with Gasteiger partial charge in [-0.15, -0.1) is 0 Å². The van der Waals surface area contributed by atoms with Crippen LogP contribution in [0.2, 0.25) is 0 Å². The van der Waals surface area contributed by atoms with Gasteiger partial charge in [0.1, 0.15) is 5.82 Å². The maximum atomic E-state index is 14.7. The summed E-state index contributed by atoms with van der Waals surface area (Å²) in [6.07, 6.45) is 1.57. The number of nitrogens with one attached hydrogen (secondary N) is 2. The molecule has 0 aliphatic heterocycles. The van der Waals surface area contributed by atoms with Gasteiger partial charge in [0.15, 0.2) is 23.1 Å². The summed E-state index contributed by atoms with van der Waals surface area (Å²) < 4.78 is 21.5. The van der Waals surface area contributed by atoms with Crippen LogP contribution in [0.5, 0.6) is 0 Å². The fourth-order valence-electron chi connectivity index (χ4n) is 3.21. The zero-order chi connectivity index (χ0) is 23.6. The summed E-state index contributed by atoms with van der Waals surface area (Å²) in [6.45, 7) is 2.01. The van der Waals surface area contributed by atoms with Crippen molar-refractivity contribution in [3.05, 3.63) is 29.7 Å². The third-order valence-corrected chi connectivity index (χ3v) is 4.89. The molecule has 3 rings (SSSR count). The second kappa shape index (κ2) is 9.32. The Morgan fingerprint density at radius 3 is 2.66 bits per heavy atom. The first-order chi connectivity index (χ1) is 15.1. The molecule has 0 aliphatic rings. The number of aryl methyl sites for hydroxylation is 1. The minimum Gasteiger partial charge on any atom is -0.382 e. The number of ether oxygens (including phenoxy) is 1. The third kappa shape index (κ3) is 4.70. The van der Waals surface area contributed by atoms with Gasteiger partial charge in [0.05, 0.1) is 35.5 Å². The average Bonchev–Trinajstić information content (AvgIpc) is 3.05. The number of halogens is 1. The van der Waals surface area contributed by atoms with Gasteiger partial charge < -0.3 is 31.7 Å². The zero-order valence-electron chi connectivity index (χ0n) is 18.7. The van der Waals surface area contributed by atoms with Crippen LogP contribution in [-0.2, 0) is 11.8 Å². The Labute approximate surface area is 184 Å². The maximum absolute atomic E-state index is 14.7. The van der Waals surface area contributed by atoms with E-state index in [9.17, 15) is 9.18 Å². The van der Waals surface area contributed by atoms with Crippen molar-refractivity contribution in [2.24, 2.45) is 18.5 Å². The molecule has 11 nitrogen and oxygen atoms in total. The first kappa shape index (κ1) is 23.2. The lowest BCUT2D eigenvalue weighted by Crippen LogP contribution is -2.41. The first-order valence-corrected chi connectivity index (χ1v) is 9.90. The van der Waals surface area contributed by atoms with Gasteiger partial charge in [0.25, 0.3) is 5.91 Å². The van der Waals surface area contributed by atoms with Gasteiger partial charge in [0.2, 0.25) is 0 Å². The lowest BCUT2D eigenvalue weighted by Gasteiger charge is -2.23. The Hall–Kier alpha value is -3.51. The molecule has 0 aliphatic carbocycles. The van der Waals surface area contributed by atoms with Gasteiger partial charge in [-0.1, -0.05) is 0 Å². The largest absolute Gasteiger partial charge is 0.382 e. The van der Waals surface area contributed by atoms with E-state index in [4.69, 9.17) is 16.2 Å². The van der Waals surface area contributed by atoms with Crippen LogP contribution in [0.25, 0.3) is 11.0 Å². The van der Waals surface area contributed by atoms with Crippen molar-refractivity contribution in [1.29, 1.82) is 0 Å². The molecule has 1 amide bonds. The molecular weight excluding hydrogens is 417 g/mol. The second-order valence-electron chi connectivity index (χ2n) is 7.71. The molecule has 3 heterocycles. The zero-order valence-corrected chi connectivity index (χ0v) is 18.7. The van der Waals surface area contributed by atoms with Crippen LogP contribution >= 0.6 is 0 Å². The van der Waals surface area contributed by atoms with Crippen LogP contribution in [0, 0.1) is 5.82 Å². The van der Waals surface area contributed by atoms with E-state index < -0.39 is 17.8 Å². The van der Waals surface area contributed by atoms with Crippen LogP contribution in [0.4, 0.5) is 27.5 Å². The highest BCUT2D eigenvalue weighted by Gasteiger charge is 2.21. The predicted molar refractivity (Wildman–Crippen MR) is 122 cm³/mol. The maximum Gasteiger partial charge on any atom is 0.252 e. The molecule has 12 heteroatoms. The highest BCUT2D eigenvalue weighted by atomic mass is 19.1. The van der Waals surface area contributed by atoms with Crippen molar-refractivity contribution in [2.45, 2.75) is 19.0 Å². The third-order valence-electron chi connectivity index (χ3n) is 4.89. The number of nitrogens with zero attached hydrogens (tertiary/aromatic N) is 5. The minimum absolute atomic E-state index is 0.0821. The smallest absolute Gasteiger partial charge is 0.252 e. The number of primary amides is 1. The molecule has 0 aromatic carbocycles. The molecule has 6 N–H and O–H groups in total. The lowest BCUT2D eigenvalue weighted by atomic mass is 10.1. The Kier molecular flexibility index (Phi) is 6.75. The van der Waals surface area contributed by atoms with Crippen LogP contribution in [0.1, 0.15) is 17.3 Å². The number of fused-ring (bicyclic) bond motifs is 1. The van der Waals surface area contributed by atoms with E-state index in [2.05, 4.69) is 25.7 Å². The van der Waals surface area contributed by atoms with Crippen molar-refractivity contribution in [3.8, 4) is 0 Å².